The van der Waals surface area contributed by atoms with Crippen LogP contribution in [0.2, 0.25) is 0 Å². The third kappa shape index (κ3) is 3.54. The molecule has 3 aromatic carbocycles. The maximum Gasteiger partial charge on any atom is 0.258 e. The highest BCUT2D eigenvalue weighted by Gasteiger charge is 2.37. The van der Waals surface area contributed by atoms with Gasteiger partial charge in [0.15, 0.2) is 0 Å². The predicted molar refractivity (Wildman–Crippen MR) is 113 cm³/mol. The summed E-state index contributed by atoms with van der Waals surface area (Å²) in [5.74, 6) is -0.0477. The lowest BCUT2D eigenvalue weighted by molar-refractivity contribution is -0.123. The molecule has 0 spiro atoms. The number of amides is 1. The molecule has 1 heterocycles. The van der Waals surface area contributed by atoms with Crippen LogP contribution >= 0.6 is 0 Å². The number of benzene rings is 3. The summed E-state index contributed by atoms with van der Waals surface area (Å²) in [4.78, 5) is 12.7. The highest BCUT2D eigenvalue weighted by Crippen LogP contribution is 2.28. The van der Waals surface area contributed by atoms with Crippen molar-refractivity contribution in [3.63, 3.8) is 0 Å². The quantitative estimate of drug-likeness (QED) is 0.485. The van der Waals surface area contributed by atoms with Crippen LogP contribution in [0.25, 0.3) is 10.8 Å². The van der Waals surface area contributed by atoms with Crippen molar-refractivity contribution in [3.8, 4) is 0 Å². The first-order chi connectivity index (χ1) is 13.6. The van der Waals surface area contributed by atoms with Gasteiger partial charge < -0.3 is 0 Å². The molecule has 3 atom stereocenters. The first-order valence-electron chi connectivity index (χ1n) is 9.53. The summed E-state index contributed by atoms with van der Waals surface area (Å²) in [6.07, 6.45) is 0. The Balaban J connectivity index is 1.48. The van der Waals surface area contributed by atoms with E-state index in [-0.39, 0.29) is 23.9 Å². The minimum Gasteiger partial charge on any atom is -0.271 e. The van der Waals surface area contributed by atoms with Crippen molar-refractivity contribution in [1.29, 1.82) is 0 Å². The molecule has 1 saturated heterocycles. The molecule has 3 aromatic rings. The second-order valence-electron chi connectivity index (χ2n) is 7.21. The highest BCUT2D eigenvalue weighted by atomic mass is 16.2. The van der Waals surface area contributed by atoms with Crippen molar-refractivity contribution in [2.24, 2.45) is 11.0 Å². The first-order valence-corrected chi connectivity index (χ1v) is 9.53. The van der Waals surface area contributed by atoms with E-state index in [0.717, 1.165) is 27.6 Å². The third-order valence-electron chi connectivity index (χ3n) is 5.40. The normalized spacial score (nSPS) is 22.4. The van der Waals surface area contributed by atoms with E-state index in [2.05, 4.69) is 58.6 Å². The molecule has 5 nitrogen and oxygen atoms in total. The lowest BCUT2D eigenvalue weighted by atomic mass is 9.91. The molecule has 1 aliphatic heterocycles. The molecular weight excluding hydrogens is 348 g/mol. The van der Waals surface area contributed by atoms with Crippen LogP contribution in [0.5, 0.6) is 0 Å². The van der Waals surface area contributed by atoms with Gasteiger partial charge in [-0.05, 0) is 23.3 Å². The second kappa shape index (κ2) is 7.92. The number of nitrogens with zero attached hydrogens (tertiary/aromatic N) is 1. The molecule has 0 bridgehead atoms. The summed E-state index contributed by atoms with van der Waals surface area (Å²) in [5, 5.41) is 6.65. The van der Waals surface area contributed by atoms with Crippen LogP contribution in [0, 0.1) is 5.92 Å². The summed E-state index contributed by atoms with van der Waals surface area (Å²) in [6, 6.07) is 24.2. The number of hydrazone groups is 1. The zero-order chi connectivity index (χ0) is 19.5. The smallest absolute Gasteiger partial charge is 0.258 e. The van der Waals surface area contributed by atoms with Crippen molar-refractivity contribution < 1.29 is 4.79 Å². The predicted octanol–water partition coefficient (Wildman–Crippen LogP) is 3.53. The van der Waals surface area contributed by atoms with Gasteiger partial charge in [-0.15, -0.1) is 0 Å². The Morgan fingerprint density at radius 3 is 2.46 bits per heavy atom. The van der Waals surface area contributed by atoms with Crippen molar-refractivity contribution in [3.05, 3.63) is 83.9 Å². The van der Waals surface area contributed by atoms with Crippen molar-refractivity contribution >= 4 is 22.4 Å². The van der Waals surface area contributed by atoms with E-state index >= 15 is 0 Å². The van der Waals surface area contributed by atoms with Gasteiger partial charge in [0.2, 0.25) is 0 Å². The number of hydrogen-bond donors (Lipinski definition) is 3. The van der Waals surface area contributed by atoms with Gasteiger partial charge in [0.05, 0.1) is 11.8 Å². The molecule has 5 heteroatoms. The van der Waals surface area contributed by atoms with Gasteiger partial charge in [0, 0.05) is 11.5 Å². The lowest BCUT2D eigenvalue weighted by Crippen LogP contribution is -2.43. The van der Waals surface area contributed by atoms with Crippen LogP contribution in [-0.4, -0.2) is 17.7 Å². The summed E-state index contributed by atoms with van der Waals surface area (Å²) < 4.78 is 0. The van der Waals surface area contributed by atoms with Crippen LogP contribution < -0.4 is 16.3 Å². The summed E-state index contributed by atoms with van der Waals surface area (Å²) in [7, 11) is 0. The van der Waals surface area contributed by atoms with E-state index in [1.807, 2.05) is 49.4 Å². The Kier molecular flexibility index (Phi) is 5.19. The fraction of sp³-hybridized carbons (Fsp3) is 0.217. The Hall–Kier alpha value is -3.02. The molecule has 1 aliphatic rings. The molecule has 142 valence electrons. The fourth-order valence-electron chi connectivity index (χ4n) is 3.80. The second-order valence-corrected chi connectivity index (χ2v) is 7.21. The van der Waals surface area contributed by atoms with Crippen LogP contribution in [0.4, 0.5) is 0 Å². The fourth-order valence-corrected chi connectivity index (χ4v) is 3.80. The largest absolute Gasteiger partial charge is 0.271 e. The zero-order valence-corrected chi connectivity index (χ0v) is 16.0. The summed E-state index contributed by atoms with van der Waals surface area (Å²) in [6.45, 7) is 3.98. The highest BCUT2D eigenvalue weighted by molar-refractivity contribution is 6.10. The summed E-state index contributed by atoms with van der Waals surface area (Å²) in [5.41, 5.74) is 12.1. The maximum atomic E-state index is 12.7. The third-order valence-corrected chi connectivity index (χ3v) is 5.40. The Morgan fingerprint density at radius 1 is 0.929 bits per heavy atom. The maximum absolute atomic E-state index is 12.7. The average Bonchev–Trinajstić information content (AvgIpc) is 3.13. The van der Waals surface area contributed by atoms with Gasteiger partial charge in [-0.2, -0.15) is 5.10 Å². The molecule has 0 aromatic heterocycles. The first kappa shape index (κ1) is 18.3. The van der Waals surface area contributed by atoms with E-state index < -0.39 is 0 Å². The SMILES string of the molecule is C/C(=N\NC(=O)C1NNC(c2ccccc2)C1C)c1cccc2ccccc12. The van der Waals surface area contributed by atoms with Crippen LogP contribution in [-0.2, 0) is 4.79 Å². The molecule has 28 heavy (non-hydrogen) atoms. The van der Waals surface area contributed by atoms with Gasteiger partial charge >= 0.3 is 0 Å². The number of hydrogen-bond acceptors (Lipinski definition) is 4. The standard InChI is InChI=1S/C23H24N4O/c1-15-21(18-10-4-3-5-11-18)25-26-22(15)23(28)27-24-16(2)19-14-8-12-17-9-6-7-13-20(17)19/h3-15,21-22,25-26H,1-2H3,(H,27,28)/b24-16+. The molecular formula is C23H24N4O. The molecule has 0 radical (unpaired) electrons. The van der Waals surface area contributed by atoms with Gasteiger partial charge in [0.25, 0.3) is 5.91 Å². The van der Waals surface area contributed by atoms with Gasteiger partial charge in [-0.1, -0.05) is 79.7 Å². The van der Waals surface area contributed by atoms with Crippen molar-refractivity contribution in [2.45, 2.75) is 25.9 Å². The number of hydrazine groups is 1. The lowest BCUT2D eigenvalue weighted by Gasteiger charge is -2.17. The number of fused-ring (bicyclic) bond motifs is 1. The summed E-state index contributed by atoms with van der Waals surface area (Å²) >= 11 is 0. The topological polar surface area (TPSA) is 65.5 Å². The Labute approximate surface area is 164 Å². The molecule has 0 aliphatic carbocycles. The minimum absolute atomic E-state index is 0.0834. The molecule has 1 amide bonds. The molecule has 0 saturated carbocycles. The van der Waals surface area contributed by atoms with Gasteiger partial charge in [0.1, 0.15) is 6.04 Å². The Bertz CT molecular complexity index is 1010. The van der Waals surface area contributed by atoms with Crippen LogP contribution in [0.3, 0.4) is 0 Å². The van der Waals surface area contributed by atoms with E-state index in [1.165, 1.54) is 0 Å². The Morgan fingerprint density at radius 2 is 1.64 bits per heavy atom. The average molecular weight is 372 g/mol. The number of carbonyl (C=O) groups excluding carboxylic acids is 1. The molecule has 3 N–H and O–H groups in total. The zero-order valence-electron chi connectivity index (χ0n) is 16.0. The minimum atomic E-state index is -0.353. The van der Waals surface area contributed by atoms with E-state index in [1.54, 1.807) is 0 Å². The van der Waals surface area contributed by atoms with E-state index in [9.17, 15) is 4.79 Å². The van der Waals surface area contributed by atoms with E-state index in [4.69, 9.17) is 0 Å². The van der Waals surface area contributed by atoms with Crippen LogP contribution in [0.1, 0.15) is 31.0 Å². The molecule has 3 unspecified atom stereocenters. The van der Waals surface area contributed by atoms with E-state index in [0.29, 0.717) is 0 Å². The van der Waals surface area contributed by atoms with Gasteiger partial charge in [-0.25, -0.2) is 16.3 Å². The van der Waals surface area contributed by atoms with Crippen LogP contribution in [0.15, 0.2) is 77.9 Å². The molecule has 4 rings (SSSR count). The number of carbonyl (C=O) groups is 1. The van der Waals surface area contributed by atoms with Crippen molar-refractivity contribution in [2.75, 3.05) is 0 Å². The monoisotopic (exact) mass is 372 g/mol. The van der Waals surface area contributed by atoms with Crippen molar-refractivity contribution in [1.82, 2.24) is 16.3 Å². The van der Waals surface area contributed by atoms with Gasteiger partial charge in [-0.3, -0.25) is 4.79 Å². The molecule has 1 fully saturated rings. The number of nitrogens with one attached hydrogen (secondary N) is 3. The number of rotatable bonds is 4.